The molecular formula is C16H22NO2+. The molecule has 3 aliphatic heterocycles. The molecule has 3 saturated heterocycles. The molecular weight excluding hydrogens is 238 g/mol. The van der Waals surface area contributed by atoms with Crippen molar-refractivity contribution >= 4 is 6.08 Å². The van der Waals surface area contributed by atoms with Crippen LogP contribution < -0.4 is 9.64 Å². The first kappa shape index (κ1) is 12.7. The van der Waals surface area contributed by atoms with Crippen LogP contribution in [0.1, 0.15) is 25.3 Å². The highest BCUT2D eigenvalue weighted by molar-refractivity contribution is 5.53. The van der Waals surface area contributed by atoms with E-state index in [4.69, 9.17) is 4.74 Å². The van der Waals surface area contributed by atoms with Crippen LogP contribution in [0.3, 0.4) is 0 Å². The van der Waals surface area contributed by atoms with Gasteiger partial charge < -0.3 is 14.7 Å². The summed E-state index contributed by atoms with van der Waals surface area (Å²) in [7, 11) is 0. The largest absolute Gasteiger partial charge is 0.494 e. The molecule has 1 atom stereocenters. The van der Waals surface area contributed by atoms with Gasteiger partial charge in [0.25, 0.3) is 0 Å². The van der Waals surface area contributed by atoms with E-state index in [1.165, 1.54) is 23.7 Å². The molecule has 0 saturated carbocycles. The second-order valence-electron chi connectivity index (χ2n) is 5.49. The van der Waals surface area contributed by atoms with Gasteiger partial charge in [0.2, 0.25) is 0 Å². The number of aliphatic hydroxyl groups is 1. The maximum absolute atomic E-state index is 10.3. The van der Waals surface area contributed by atoms with Crippen LogP contribution in [0.4, 0.5) is 0 Å². The summed E-state index contributed by atoms with van der Waals surface area (Å²) in [5, 5.41) is 10.3. The third-order valence-corrected chi connectivity index (χ3v) is 4.32. The van der Waals surface area contributed by atoms with E-state index in [-0.39, 0.29) is 6.10 Å². The van der Waals surface area contributed by atoms with Gasteiger partial charge in [0.05, 0.1) is 19.7 Å². The Bertz CT molecular complexity index is 454. The number of piperidine rings is 3. The Morgan fingerprint density at radius 3 is 2.53 bits per heavy atom. The predicted molar refractivity (Wildman–Crippen MR) is 75.0 cm³/mol. The lowest BCUT2D eigenvalue weighted by molar-refractivity contribution is -0.880. The molecule has 4 rings (SSSR count). The highest BCUT2D eigenvalue weighted by atomic mass is 16.5. The first-order chi connectivity index (χ1) is 9.28. The smallest absolute Gasteiger partial charge is 0.137 e. The molecule has 3 fully saturated rings. The van der Waals surface area contributed by atoms with E-state index in [2.05, 4.69) is 18.2 Å². The van der Waals surface area contributed by atoms with Crippen LogP contribution >= 0.6 is 0 Å². The molecule has 3 aliphatic rings. The fourth-order valence-electron chi connectivity index (χ4n) is 3.25. The average Bonchev–Trinajstić information content (AvgIpc) is 2.45. The second-order valence-corrected chi connectivity index (χ2v) is 5.49. The van der Waals surface area contributed by atoms with Gasteiger partial charge in [-0.1, -0.05) is 12.1 Å². The number of fused-ring (bicyclic) bond motifs is 3. The van der Waals surface area contributed by atoms with E-state index < -0.39 is 0 Å². The molecule has 0 amide bonds. The number of benzene rings is 1. The molecule has 1 aromatic rings. The van der Waals surface area contributed by atoms with Crippen molar-refractivity contribution in [1.29, 1.82) is 0 Å². The normalized spacial score (nSPS) is 31.7. The summed E-state index contributed by atoms with van der Waals surface area (Å²) in [6.07, 6.45) is 4.24. The number of quaternary nitrogens is 1. The van der Waals surface area contributed by atoms with Crippen molar-refractivity contribution in [3.8, 4) is 5.75 Å². The zero-order chi connectivity index (χ0) is 13.2. The zero-order valence-corrected chi connectivity index (χ0v) is 11.4. The van der Waals surface area contributed by atoms with Gasteiger partial charge in [-0.3, -0.25) is 0 Å². The van der Waals surface area contributed by atoms with Crippen molar-refractivity contribution in [3.63, 3.8) is 0 Å². The summed E-state index contributed by atoms with van der Waals surface area (Å²) < 4.78 is 5.45. The average molecular weight is 260 g/mol. The molecule has 2 bridgehead atoms. The van der Waals surface area contributed by atoms with Crippen molar-refractivity contribution in [3.05, 3.63) is 35.5 Å². The second kappa shape index (κ2) is 5.35. The Morgan fingerprint density at radius 2 is 1.95 bits per heavy atom. The van der Waals surface area contributed by atoms with Gasteiger partial charge >= 0.3 is 0 Å². The van der Waals surface area contributed by atoms with Gasteiger partial charge in [-0.25, -0.2) is 0 Å². The first-order valence-corrected chi connectivity index (χ1v) is 7.25. The van der Waals surface area contributed by atoms with Crippen LogP contribution in [0.25, 0.3) is 6.08 Å². The van der Waals surface area contributed by atoms with E-state index in [0.717, 1.165) is 24.2 Å². The van der Waals surface area contributed by atoms with Crippen LogP contribution in [0, 0.1) is 5.92 Å². The summed E-state index contributed by atoms with van der Waals surface area (Å²) in [5.74, 6) is 1.38. The van der Waals surface area contributed by atoms with Gasteiger partial charge in [-0.05, 0) is 24.6 Å². The first-order valence-electron chi connectivity index (χ1n) is 7.25. The van der Waals surface area contributed by atoms with E-state index in [0.29, 0.717) is 12.5 Å². The van der Waals surface area contributed by atoms with Crippen LogP contribution in [0.15, 0.2) is 30.0 Å². The number of ether oxygens (including phenoxy) is 1. The number of hydrogen-bond donors (Lipinski definition) is 2. The maximum atomic E-state index is 10.3. The van der Waals surface area contributed by atoms with Crippen LogP contribution in [0.5, 0.6) is 5.75 Å². The lowest BCUT2D eigenvalue weighted by atomic mass is 9.83. The molecule has 2 N–H and O–H groups in total. The Morgan fingerprint density at radius 1 is 1.26 bits per heavy atom. The number of nitrogens with one attached hydrogen (secondary N) is 1. The lowest BCUT2D eigenvalue weighted by Crippen LogP contribution is -3.14. The SMILES string of the molecule is CCOc1ccc(/C=C2\[C@H](O)C3CC[NH+]2CC3)cc1. The molecule has 3 nitrogen and oxygen atoms in total. The third-order valence-electron chi connectivity index (χ3n) is 4.32. The van der Waals surface area contributed by atoms with Crippen molar-refractivity contribution in [2.24, 2.45) is 5.92 Å². The molecule has 3 heteroatoms. The molecule has 0 aliphatic carbocycles. The fourth-order valence-corrected chi connectivity index (χ4v) is 3.25. The highest BCUT2D eigenvalue weighted by Crippen LogP contribution is 2.25. The van der Waals surface area contributed by atoms with E-state index in [1.54, 1.807) is 0 Å². The summed E-state index contributed by atoms with van der Waals surface area (Å²) in [5.41, 5.74) is 2.32. The topological polar surface area (TPSA) is 33.9 Å². The van der Waals surface area contributed by atoms with Crippen LogP contribution in [-0.4, -0.2) is 30.9 Å². The molecule has 0 spiro atoms. The Hall–Kier alpha value is -1.32. The monoisotopic (exact) mass is 260 g/mol. The van der Waals surface area contributed by atoms with Gasteiger partial charge in [0.1, 0.15) is 17.6 Å². The number of rotatable bonds is 3. The number of aliphatic hydroxyl groups excluding tert-OH is 1. The molecule has 1 aromatic carbocycles. The lowest BCUT2D eigenvalue weighted by Gasteiger charge is -2.41. The van der Waals surface area contributed by atoms with Crippen LogP contribution in [0.2, 0.25) is 0 Å². The summed E-state index contributed by atoms with van der Waals surface area (Å²) in [6.45, 7) is 5.02. The standard InChI is InChI=1S/C16H21NO2/c1-2-19-14-5-3-12(4-6-14)11-15-16(18)13-7-9-17(15)10-8-13/h3-6,11,13,16,18H,2,7-10H2,1H3/p+1/b15-11+/t16-/m1/s1. The van der Waals surface area contributed by atoms with Crippen molar-refractivity contribution in [2.75, 3.05) is 19.7 Å². The van der Waals surface area contributed by atoms with Gasteiger partial charge in [0, 0.05) is 24.8 Å². The van der Waals surface area contributed by atoms with E-state index >= 15 is 0 Å². The number of hydrogen-bond acceptors (Lipinski definition) is 2. The minimum atomic E-state index is -0.246. The molecule has 0 unspecified atom stereocenters. The van der Waals surface area contributed by atoms with Gasteiger partial charge in [-0.15, -0.1) is 0 Å². The summed E-state index contributed by atoms with van der Waals surface area (Å²) in [6, 6.07) is 8.11. The summed E-state index contributed by atoms with van der Waals surface area (Å²) in [4.78, 5) is 1.46. The van der Waals surface area contributed by atoms with Crippen molar-refractivity contribution in [1.82, 2.24) is 0 Å². The predicted octanol–water partition coefficient (Wildman–Crippen LogP) is 1.10. The molecule has 0 aromatic heterocycles. The Kier molecular flexibility index (Phi) is 3.58. The minimum Gasteiger partial charge on any atom is -0.494 e. The zero-order valence-electron chi connectivity index (χ0n) is 11.4. The maximum Gasteiger partial charge on any atom is 0.137 e. The van der Waals surface area contributed by atoms with E-state index in [9.17, 15) is 5.11 Å². The Balaban J connectivity index is 1.80. The molecule has 102 valence electrons. The molecule has 0 radical (unpaired) electrons. The van der Waals surface area contributed by atoms with Gasteiger partial charge in [-0.2, -0.15) is 0 Å². The van der Waals surface area contributed by atoms with Crippen molar-refractivity contribution < 1.29 is 14.7 Å². The molecule has 19 heavy (non-hydrogen) atoms. The fraction of sp³-hybridized carbons (Fsp3) is 0.500. The van der Waals surface area contributed by atoms with E-state index in [1.807, 2.05) is 19.1 Å². The minimum absolute atomic E-state index is 0.246. The third kappa shape index (κ3) is 2.53. The quantitative estimate of drug-likeness (QED) is 0.853. The van der Waals surface area contributed by atoms with Crippen LogP contribution in [-0.2, 0) is 0 Å². The molecule has 3 heterocycles. The highest BCUT2D eigenvalue weighted by Gasteiger charge is 2.40. The Labute approximate surface area is 114 Å². The van der Waals surface area contributed by atoms with Gasteiger partial charge in [0.15, 0.2) is 0 Å². The van der Waals surface area contributed by atoms with Crippen molar-refractivity contribution in [2.45, 2.75) is 25.9 Å². The summed E-state index contributed by atoms with van der Waals surface area (Å²) >= 11 is 0.